The van der Waals surface area contributed by atoms with Crippen molar-refractivity contribution in [3.8, 4) is 6.07 Å². The Kier molecular flexibility index (Phi) is 3.29. The molecule has 2 nitrogen and oxygen atoms in total. The molecular weight excluding hydrogens is 227 g/mol. The van der Waals surface area contributed by atoms with E-state index in [1.807, 2.05) is 19.9 Å². The maximum Gasteiger partial charge on any atom is 0.146 e. The third-order valence-corrected chi connectivity index (χ3v) is 2.75. The number of anilines is 2. The molecule has 0 aliphatic heterocycles. The molecule has 3 heteroatoms. The summed E-state index contributed by atoms with van der Waals surface area (Å²) in [5.74, 6) is -0.279. The zero-order chi connectivity index (χ0) is 13.1. The first-order chi connectivity index (χ1) is 8.60. The molecule has 0 amide bonds. The summed E-state index contributed by atoms with van der Waals surface area (Å²) in [5, 5.41) is 11.8. The lowest BCUT2D eigenvalue weighted by molar-refractivity contribution is 0.630. The molecule has 0 saturated carbocycles. The molecule has 0 fully saturated rings. The summed E-state index contributed by atoms with van der Waals surface area (Å²) >= 11 is 0. The van der Waals surface area contributed by atoms with Crippen LogP contribution in [-0.4, -0.2) is 0 Å². The predicted octanol–water partition coefficient (Wildman–Crippen LogP) is 4.06. The van der Waals surface area contributed by atoms with Crippen molar-refractivity contribution in [2.45, 2.75) is 13.8 Å². The Labute approximate surface area is 106 Å². The van der Waals surface area contributed by atoms with Crippen molar-refractivity contribution < 1.29 is 4.39 Å². The van der Waals surface area contributed by atoms with Crippen LogP contribution in [0.5, 0.6) is 0 Å². The third kappa shape index (κ3) is 2.49. The molecule has 0 aliphatic carbocycles. The minimum atomic E-state index is -0.279. The third-order valence-electron chi connectivity index (χ3n) is 2.75. The van der Waals surface area contributed by atoms with Crippen molar-refractivity contribution in [1.29, 1.82) is 5.26 Å². The Morgan fingerprint density at radius 1 is 1.06 bits per heavy atom. The highest BCUT2D eigenvalue weighted by Crippen LogP contribution is 2.24. The number of halogens is 1. The molecule has 0 aliphatic rings. The van der Waals surface area contributed by atoms with Gasteiger partial charge in [-0.1, -0.05) is 6.07 Å². The van der Waals surface area contributed by atoms with Crippen LogP contribution in [0.2, 0.25) is 0 Å². The van der Waals surface area contributed by atoms with Crippen molar-refractivity contribution in [2.24, 2.45) is 0 Å². The fourth-order valence-electron chi connectivity index (χ4n) is 1.74. The van der Waals surface area contributed by atoms with Gasteiger partial charge in [-0.3, -0.25) is 0 Å². The van der Waals surface area contributed by atoms with Crippen LogP contribution < -0.4 is 5.32 Å². The highest BCUT2D eigenvalue weighted by molar-refractivity contribution is 5.64. The molecule has 0 unspecified atom stereocenters. The van der Waals surface area contributed by atoms with Gasteiger partial charge in [0.25, 0.3) is 0 Å². The second-order valence-electron chi connectivity index (χ2n) is 4.25. The summed E-state index contributed by atoms with van der Waals surface area (Å²) in [7, 11) is 0. The number of nitrogens with one attached hydrogen (secondary N) is 1. The van der Waals surface area contributed by atoms with Crippen molar-refractivity contribution in [2.75, 3.05) is 5.32 Å². The predicted molar refractivity (Wildman–Crippen MR) is 70.3 cm³/mol. The van der Waals surface area contributed by atoms with Crippen molar-refractivity contribution in [3.63, 3.8) is 0 Å². The zero-order valence-corrected chi connectivity index (χ0v) is 10.3. The number of benzene rings is 2. The Hall–Kier alpha value is -2.34. The van der Waals surface area contributed by atoms with Gasteiger partial charge in [-0.25, -0.2) is 4.39 Å². The van der Waals surface area contributed by atoms with E-state index < -0.39 is 0 Å². The van der Waals surface area contributed by atoms with Gasteiger partial charge < -0.3 is 5.32 Å². The molecule has 0 spiro atoms. The normalized spacial score (nSPS) is 9.89. The van der Waals surface area contributed by atoms with Crippen LogP contribution in [0.4, 0.5) is 15.8 Å². The topological polar surface area (TPSA) is 35.8 Å². The van der Waals surface area contributed by atoms with E-state index >= 15 is 0 Å². The Bertz CT molecular complexity index is 627. The van der Waals surface area contributed by atoms with E-state index in [0.29, 0.717) is 11.3 Å². The van der Waals surface area contributed by atoms with E-state index in [1.54, 1.807) is 24.3 Å². The maximum absolute atomic E-state index is 13.7. The van der Waals surface area contributed by atoms with E-state index in [1.165, 1.54) is 6.07 Å². The molecule has 0 bridgehead atoms. The first kappa shape index (κ1) is 12.1. The SMILES string of the molecule is Cc1ccc(Nc2ccc(C#N)cc2C)c(F)c1. The van der Waals surface area contributed by atoms with Crippen LogP contribution >= 0.6 is 0 Å². The lowest BCUT2D eigenvalue weighted by atomic mass is 10.1. The number of nitrogens with zero attached hydrogens (tertiary/aromatic N) is 1. The molecule has 1 N–H and O–H groups in total. The van der Waals surface area contributed by atoms with E-state index in [9.17, 15) is 4.39 Å². The molecular formula is C15H13FN2. The molecule has 0 aromatic heterocycles. The van der Waals surface area contributed by atoms with Gasteiger partial charge in [0.2, 0.25) is 0 Å². The minimum Gasteiger partial charge on any atom is -0.353 e. The second-order valence-corrected chi connectivity index (χ2v) is 4.25. The fourth-order valence-corrected chi connectivity index (χ4v) is 1.74. The van der Waals surface area contributed by atoms with Gasteiger partial charge >= 0.3 is 0 Å². The van der Waals surface area contributed by atoms with Gasteiger partial charge in [0.05, 0.1) is 17.3 Å². The maximum atomic E-state index is 13.7. The molecule has 2 aromatic rings. The number of hydrogen-bond donors (Lipinski definition) is 1. The number of nitriles is 1. The molecule has 0 radical (unpaired) electrons. The van der Waals surface area contributed by atoms with Crippen LogP contribution in [0.15, 0.2) is 36.4 Å². The number of aryl methyl sites for hydroxylation is 2. The van der Waals surface area contributed by atoms with Crippen LogP contribution in [0.1, 0.15) is 16.7 Å². The van der Waals surface area contributed by atoms with Crippen LogP contribution in [0.3, 0.4) is 0 Å². The standard InChI is InChI=1S/C15H13FN2/c1-10-3-5-15(13(16)7-10)18-14-6-4-12(9-17)8-11(14)2/h3-8,18H,1-2H3. The van der Waals surface area contributed by atoms with Crippen molar-refractivity contribution in [3.05, 3.63) is 58.9 Å². The Morgan fingerprint density at radius 2 is 1.78 bits per heavy atom. The summed E-state index contributed by atoms with van der Waals surface area (Å²) in [4.78, 5) is 0. The summed E-state index contributed by atoms with van der Waals surface area (Å²) in [5.41, 5.74) is 3.64. The Morgan fingerprint density at radius 3 is 2.39 bits per heavy atom. The lowest BCUT2D eigenvalue weighted by Crippen LogP contribution is -1.96. The van der Waals surface area contributed by atoms with E-state index in [2.05, 4.69) is 11.4 Å². The number of rotatable bonds is 2. The quantitative estimate of drug-likeness (QED) is 0.859. The molecule has 2 aromatic carbocycles. The molecule has 90 valence electrons. The van der Waals surface area contributed by atoms with Gasteiger partial charge in [-0.05, 0) is 55.3 Å². The Balaban J connectivity index is 2.32. The number of hydrogen-bond acceptors (Lipinski definition) is 2. The smallest absolute Gasteiger partial charge is 0.146 e. The monoisotopic (exact) mass is 240 g/mol. The average Bonchev–Trinajstić information content (AvgIpc) is 2.34. The van der Waals surface area contributed by atoms with Crippen molar-refractivity contribution >= 4 is 11.4 Å². The van der Waals surface area contributed by atoms with E-state index in [0.717, 1.165) is 16.8 Å². The van der Waals surface area contributed by atoms with Gasteiger partial charge in [0.1, 0.15) is 5.82 Å². The van der Waals surface area contributed by atoms with Gasteiger partial charge in [-0.15, -0.1) is 0 Å². The van der Waals surface area contributed by atoms with Crippen LogP contribution in [0, 0.1) is 31.0 Å². The van der Waals surface area contributed by atoms with Crippen LogP contribution in [-0.2, 0) is 0 Å². The average molecular weight is 240 g/mol. The molecule has 0 atom stereocenters. The van der Waals surface area contributed by atoms with Gasteiger partial charge in [0.15, 0.2) is 0 Å². The summed E-state index contributed by atoms with van der Waals surface area (Å²) < 4.78 is 13.7. The second kappa shape index (κ2) is 4.89. The summed E-state index contributed by atoms with van der Waals surface area (Å²) in [6.07, 6.45) is 0. The zero-order valence-electron chi connectivity index (χ0n) is 10.3. The van der Waals surface area contributed by atoms with E-state index in [-0.39, 0.29) is 5.82 Å². The minimum absolute atomic E-state index is 0.279. The van der Waals surface area contributed by atoms with Crippen molar-refractivity contribution in [1.82, 2.24) is 0 Å². The molecule has 18 heavy (non-hydrogen) atoms. The lowest BCUT2D eigenvalue weighted by Gasteiger charge is -2.11. The first-order valence-electron chi connectivity index (χ1n) is 5.64. The molecule has 0 heterocycles. The summed E-state index contributed by atoms with van der Waals surface area (Å²) in [6, 6.07) is 12.4. The first-order valence-corrected chi connectivity index (χ1v) is 5.64. The highest BCUT2D eigenvalue weighted by atomic mass is 19.1. The fraction of sp³-hybridized carbons (Fsp3) is 0.133. The van der Waals surface area contributed by atoms with Gasteiger partial charge in [-0.2, -0.15) is 5.26 Å². The largest absolute Gasteiger partial charge is 0.353 e. The molecule has 0 saturated heterocycles. The summed E-state index contributed by atoms with van der Waals surface area (Å²) in [6.45, 7) is 3.73. The molecule has 2 rings (SSSR count). The van der Waals surface area contributed by atoms with Crippen LogP contribution in [0.25, 0.3) is 0 Å². The van der Waals surface area contributed by atoms with Gasteiger partial charge in [0, 0.05) is 5.69 Å². The highest BCUT2D eigenvalue weighted by Gasteiger charge is 2.05. The van der Waals surface area contributed by atoms with E-state index in [4.69, 9.17) is 5.26 Å².